The first-order chi connectivity index (χ1) is 9.11. The van der Waals surface area contributed by atoms with E-state index in [9.17, 15) is 4.79 Å². The largest absolute Gasteiger partial charge is 0.482 e. The Kier molecular flexibility index (Phi) is 2.56. The third kappa shape index (κ3) is 2.20. The van der Waals surface area contributed by atoms with Crippen molar-refractivity contribution in [1.29, 1.82) is 0 Å². The van der Waals surface area contributed by atoms with Crippen LogP contribution in [0.3, 0.4) is 0 Å². The fourth-order valence-corrected chi connectivity index (χ4v) is 1.98. The smallest absolute Gasteiger partial charge is 0.262 e. The van der Waals surface area contributed by atoms with Gasteiger partial charge >= 0.3 is 0 Å². The van der Waals surface area contributed by atoms with Gasteiger partial charge in [0.2, 0.25) is 0 Å². The number of nitrogens with one attached hydrogen (secondary N) is 1. The molecule has 1 aromatic heterocycles. The molecule has 1 aliphatic rings. The Bertz CT molecular complexity index is 649. The molecule has 0 radical (unpaired) electrons. The number of hydrogen-bond donors (Lipinski definition) is 2. The summed E-state index contributed by atoms with van der Waals surface area (Å²) in [6.45, 7) is 1.83. The summed E-state index contributed by atoms with van der Waals surface area (Å²) in [4.78, 5) is 19.7. The number of nitrogens with zero attached hydrogens (tertiary/aromatic N) is 2. The fraction of sp³-hybridized carbons (Fsp3) is 0.154. The molecule has 6 nitrogen and oxygen atoms in total. The quantitative estimate of drug-likeness (QED) is 0.804. The van der Waals surface area contributed by atoms with Gasteiger partial charge in [0, 0.05) is 11.6 Å². The SMILES string of the molecule is Cc1nc(N)cc(-c2ccc3c(c2)NC(=O)CO3)n1. The molecule has 6 heteroatoms. The lowest BCUT2D eigenvalue weighted by molar-refractivity contribution is -0.118. The standard InChI is InChI=1S/C13H12N4O2/c1-7-15-9(5-12(14)16-7)8-2-3-11-10(4-8)17-13(18)6-19-11/h2-5H,6H2,1H3,(H,17,18)(H2,14,15,16). The third-order valence-electron chi connectivity index (χ3n) is 2.77. The average molecular weight is 256 g/mol. The van der Waals surface area contributed by atoms with E-state index in [0.717, 1.165) is 5.56 Å². The van der Waals surface area contributed by atoms with Crippen molar-refractivity contribution in [2.75, 3.05) is 17.7 Å². The van der Waals surface area contributed by atoms with Gasteiger partial charge in [-0.2, -0.15) is 0 Å². The van der Waals surface area contributed by atoms with Gasteiger partial charge in [-0.25, -0.2) is 9.97 Å². The highest BCUT2D eigenvalue weighted by Crippen LogP contribution is 2.32. The summed E-state index contributed by atoms with van der Waals surface area (Å²) >= 11 is 0. The van der Waals surface area contributed by atoms with Gasteiger partial charge in [-0.3, -0.25) is 4.79 Å². The molecular weight excluding hydrogens is 244 g/mol. The zero-order valence-corrected chi connectivity index (χ0v) is 10.3. The van der Waals surface area contributed by atoms with Gasteiger partial charge in [-0.05, 0) is 25.1 Å². The van der Waals surface area contributed by atoms with Crippen LogP contribution in [0.5, 0.6) is 5.75 Å². The lowest BCUT2D eigenvalue weighted by Gasteiger charge is -2.18. The fourth-order valence-electron chi connectivity index (χ4n) is 1.98. The number of nitrogens with two attached hydrogens (primary N) is 1. The zero-order chi connectivity index (χ0) is 13.4. The Labute approximate surface area is 109 Å². The number of carbonyl (C=O) groups excluding carboxylic acids is 1. The van der Waals surface area contributed by atoms with Crippen molar-refractivity contribution in [3.63, 3.8) is 0 Å². The van der Waals surface area contributed by atoms with Crippen LogP contribution in [0.4, 0.5) is 11.5 Å². The van der Waals surface area contributed by atoms with E-state index < -0.39 is 0 Å². The molecule has 1 aromatic carbocycles. The van der Waals surface area contributed by atoms with Crippen molar-refractivity contribution in [3.05, 3.63) is 30.1 Å². The van der Waals surface area contributed by atoms with Gasteiger partial charge in [0.05, 0.1) is 11.4 Å². The van der Waals surface area contributed by atoms with E-state index in [-0.39, 0.29) is 12.5 Å². The minimum atomic E-state index is -0.164. The molecule has 0 spiro atoms. The molecular formula is C13H12N4O2. The number of amides is 1. The number of carbonyl (C=O) groups is 1. The number of benzene rings is 1. The van der Waals surface area contributed by atoms with Crippen molar-refractivity contribution < 1.29 is 9.53 Å². The Morgan fingerprint density at radius 1 is 1.32 bits per heavy atom. The van der Waals surface area contributed by atoms with Crippen LogP contribution in [0.1, 0.15) is 5.82 Å². The number of nitrogen functional groups attached to an aromatic ring is 1. The second-order valence-electron chi connectivity index (χ2n) is 4.27. The normalized spacial score (nSPS) is 13.4. The predicted molar refractivity (Wildman–Crippen MR) is 70.7 cm³/mol. The highest BCUT2D eigenvalue weighted by atomic mass is 16.5. The van der Waals surface area contributed by atoms with Crippen molar-refractivity contribution in [2.24, 2.45) is 0 Å². The summed E-state index contributed by atoms with van der Waals surface area (Å²) in [5, 5.41) is 2.76. The Hall–Kier alpha value is -2.63. The van der Waals surface area contributed by atoms with Crippen LogP contribution < -0.4 is 15.8 Å². The van der Waals surface area contributed by atoms with Crippen LogP contribution >= 0.6 is 0 Å². The highest BCUT2D eigenvalue weighted by molar-refractivity contribution is 5.96. The van der Waals surface area contributed by atoms with Gasteiger partial charge in [-0.15, -0.1) is 0 Å². The van der Waals surface area contributed by atoms with E-state index >= 15 is 0 Å². The monoisotopic (exact) mass is 256 g/mol. The molecule has 0 saturated carbocycles. The minimum Gasteiger partial charge on any atom is -0.482 e. The van der Waals surface area contributed by atoms with Crippen LogP contribution in [0.2, 0.25) is 0 Å². The molecule has 2 heterocycles. The number of aromatic nitrogens is 2. The first-order valence-electron chi connectivity index (χ1n) is 5.80. The number of rotatable bonds is 1. The maximum absolute atomic E-state index is 11.3. The summed E-state index contributed by atoms with van der Waals surface area (Å²) in [5.74, 6) is 1.51. The topological polar surface area (TPSA) is 90.1 Å². The van der Waals surface area contributed by atoms with Gasteiger partial charge in [0.15, 0.2) is 6.61 Å². The van der Waals surface area contributed by atoms with Crippen LogP contribution in [-0.4, -0.2) is 22.5 Å². The molecule has 0 aliphatic carbocycles. The van der Waals surface area contributed by atoms with Gasteiger partial charge in [-0.1, -0.05) is 0 Å². The van der Waals surface area contributed by atoms with E-state index in [0.29, 0.717) is 28.8 Å². The van der Waals surface area contributed by atoms with Crippen molar-refractivity contribution in [3.8, 4) is 17.0 Å². The predicted octanol–water partition coefficient (Wildman–Crippen LogP) is 1.37. The molecule has 1 aliphatic heterocycles. The van der Waals surface area contributed by atoms with E-state index in [1.54, 1.807) is 19.1 Å². The van der Waals surface area contributed by atoms with Gasteiger partial charge in [0.25, 0.3) is 5.91 Å². The Balaban J connectivity index is 2.06. The van der Waals surface area contributed by atoms with Crippen molar-refractivity contribution in [2.45, 2.75) is 6.92 Å². The molecule has 3 rings (SSSR count). The Morgan fingerprint density at radius 2 is 2.16 bits per heavy atom. The second kappa shape index (κ2) is 4.24. The van der Waals surface area contributed by atoms with Crippen LogP contribution in [0.25, 0.3) is 11.3 Å². The lowest BCUT2D eigenvalue weighted by atomic mass is 10.1. The first kappa shape index (κ1) is 11.5. The second-order valence-corrected chi connectivity index (χ2v) is 4.27. The summed E-state index contributed by atoms with van der Waals surface area (Å²) in [6, 6.07) is 7.18. The summed E-state index contributed by atoms with van der Waals surface area (Å²) < 4.78 is 5.30. The number of anilines is 2. The lowest BCUT2D eigenvalue weighted by Crippen LogP contribution is -2.25. The molecule has 0 atom stereocenters. The molecule has 2 aromatic rings. The van der Waals surface area contributed by atoms with Crippen LogP contribution in [0, 0.1) is 6.92 Å². The van der Waals surface area contributed by atoms with Crippen molar-refractivity contribution >= 4 is 17.4 Å². The van der Waals surface area contributed by atoms with Crippen molar-refractivity contribution in [1.82, 2.24) is 9.97 Å². The Morgan fingerprint density at radius 3 is 2.95 bits per heavy atom. The van der Waals surface area contributed by atoms with Gasteiger partial charge < -0.3 is 15.8 Å². The average Bonchev–Trinajstić information content (AvgIpc) is 2.36. The molecule has 0 bridgehead atoms. The number of ether oxygens (including phenoxy) is 1. The highest BCUT2D eigenvalue weighted by Gasteiger charge is 2.16. The third-order valence-corrected chi connectivity index (χ3v) is 2.77. The van der Waals surface area contributed by atoms with Gasteiger partial charge in [0.1, 0.15) is 17.4 Å². The molecule has 0 fully saturated rings. The van der Waals surface area contributed by atoms with Crippen LogP contribution in [0.15, 0.2) is 24.3 Å². The number of aryl methyl sites for hydroxylation is 1. The van der Waals surface area contributed by atoms with E-state index in [1.807, 2.05) is 12.1 Å². The zero-order valence-electron chi connectivity index (χ0n) is 10.3. The maximum Gasteiger partial charge on any atom is 0.262 e. The maximum atomic E-state index is 11.3. The number of fused-ring (bicyclic) bond motifs is 1. The summed E-state index contributed by atoms with van der Waals surface area (Å²) in [6.07, 6.45) is 0. The van der Waals surface area contributed by atoms with Crippen LogP contribution in [-0.2, 0) is 4.79 Å². The summed E-state index contributed by atoms with van der Waals surface area (Å²) in [5.41, 5.74) is 7.92. The minimum absolute atomic E-state index is 0.0475. The molecule has 0 unspecified atom stereocenters. The molecule has 1 amide bonds. The molecule has 3 N–H and O–H groups in total. The van der Waals surface area contributed by atoms with E-state index in [4.69, 9.17) is 10.5 Å². The summed E-state index contributed by atoms with van der Waals surface area (Å²) in [7, 11) is 0. The number of hydrogen-bond acceptors (Lipinski definition) is 5. The van der Waals surface area contributed by atoms with E-state index in [1.165, 1.54) is 0 Å². The molecule has 0 saturated heterocycles. The molecule has 96 valence electrons. The first-order valence-corrected chi connectivity index (χ1v) is 5.80. The van der Waals surface area contributed by atoms with E-state index in [2.05, 4.69) is 15.3 Å². The molecule has 19 heavy (non-hydrogen) atoms.